The summed E-state index contributed by atoms with van der Waals surface area (Å²) in [5.41, 5.74) is 1.02. The third kappa shape index (κ3) is 6.06. The van der Waals surface area contributed by atoms with Crippen molar-refractivity contribution in [1.82, 2.24) is 14.9 Å². The minimum absolute atomic E-state index is 0.0378. The molecule has 8 heteroatoms. The molecule has 30 heavy (non-hydrogen) atoms. The zero-order valence-electron chi connectivity index (χ0n) is 18.9. The van der Waals surface area contributed by atoms with E-state index in [-0.39, 0.29) is 12.0 Å². The molecule has 2 aromatic rings. The average Bonchev–Trinajstić information content (AvgIpc) is 2.70. The van der Waals surface area contributed by atoms with Crippen molar-refractivity contribution in [1.29, 1.82) is 0 Å². The van der Waals surface area contributed by atoms with E-state index < -0.39 is 5.97 Å². The van der Waals surface area contributed by atoms with Gasteiger partial charge in [-0.1, -0.05) is 13.8 Å². The number of carbonyl (C=O) groups excluding carboxylic acids is 1. The summed E-state index contributed by atoms with van der Waals surface area (Å²) >= 11 is 0. The molecule has 164 valence electrons. The maximum absolute atomic E-state index is 12.4. The molecule has 0 saturated carbocycles. The largest absolute Gasteiger partial charge is 0.493 e. The summed E-state index contributed by atoms with van der Waals surface area (Å²) in [5.74, 6) is 1.66. The van der Waals surface area contributed by atoms with Crippen molar-refractivity contribution in [2.45, 2.75) is 20.8 Å². The molecule has 1 aromatic heterocycles. The van der Waals surface area contributed by atoms with E-state index in [1.807, 2.05) is 20.2 Å². The molecule has 0 fully saturated rings. The Morgan fingerprint density at radius 3 is 2.47 bits per heavy atom. The standard InChI is InChI=1S/C22H32N4O4/c1-8-30-21(27)16-12-23-19(15-9-10-17(28-6)18(11-15)29-7)25-20(16)24-13-22(2,3)14-26(4)5/h9-12H,8,13-14H2,1-7H3,(H,23,24,25). The van der Waals surface area contributed by atoms with Gasteiger partial charge in [0.05, 0.1) is 20.8 Å². The molecule has 0 amide bonds. The molecule has 0 atom stereocenters. The van der Waals surface area contributed by atoms with Crippen molar-refractivity contribution in [2.24, 2.45) is 5.41 Å². The summed E-state index contributed by atoms with van der Waals surface area (Å²) < 4.78 is 15.8. The summed E-state index contributed by atoms with van der Waals surface area (Å²) in [6, 6.07) is 5.45. The summed E-state index contributed by atoms with van der Waals surface area (Å²) in [6.07, 6.45) is 1.50. The predicted molar refractivity (Wildman–Crippen MR) is 117 cm³/mol. The number of anilines is 1. The van der Waals surface area contributed by atoms with Crippen LogP contribution in [0.15, 0.2) is 24.4 Å². The van der Waals surface area contributed by atoms with E-state index in [1.54, 1.807) is 33.3 Å². The smallest absolute Gasteiger partial charge is 0.343 e. The topological polar surface area (TPSA) is 85.8 Å². The van der Waals surface area contributed by atoms with E-state index in [9.17, 15) is 4.79 Å². The van der Waals surface area contributed by atoms with Gasteiger partial charge >= 0.3 is 5.97 Å². The van der Waals surface area contributed by atoms with Crippen LogP contribution in [-0.2, 0) is 4.74 Å². The summed E-state index contributed by atoms with van der Waals surface area (Å²) in [6.45, 7) is 7.86. The van der Waals surface area contributed by atoms with Crippen LogP contribution in [0.1, 0.15) is 31.1 Å². The van der Waals surface area contributed by atoms with E-state index in [1.165, 1.54) is 6.20 Å². The van der Waals surface area contributed by atoms with Crippen LogP contribution in [0.5, 0.6) is 11.5 Å². The number of ether oxygens (including phenoxy) is 3. The number of esters is 1. The highest BCUT2D eigenvalue weighted by molar-refractivity contribution is 5.94. The summed E-state index contributed by atoms with van der Waals surface area (Å²) in [7, 11) is 7.23. The van der Waals surface area contributed by atoms with Gasteiger partial charge in [0.15, 0.2) is 17.3 Å². The normalized spacial score (nSPS) is 11.3. The lowest BCUT2D eigenvalue weighted by molar-refractivity contribution is 0.0526. The molecule has 0 unspecified atom stereocenters. The Labute approximate surface area is 178 Å². The molecule has 0 saturated heterocycles. The van der Waals surface area contributed by atoms with Gasteiger partial charge in [-0.3, -0.25) is 0 Å². The zero-order chi connectivity index (χ0) is 22.3. The van der Waals surface area contributed by atoms with E-state index >= 15 is 0 Å². The van der Waals surface area contributed by atoms with Crippen LogP contribution in [0, 0.1) is 5.41 Å². The monoisotopic (exact) mass is 416 g/mol. The maximum atomic E-state index is 12.4. The number of nitrogens with zero attached hydrogens (tertiary/aromatic N) is 3. The Kier molecular flexibility index (Phi) is 8.00. The highest BCUT2D eigenvalue weighted by atomic mass is 16.5. The molecule has 0 aliphatic heterocycles. The number of carbonyl (C=O) groups is 1. The minimum Gasteiger partial charge on any atom is -0.493 e. The molecule has 2 rings (SSSR count). The van der Waals surface area contributed by atoms with Crippen molar-refractivity contribution >= 4 is 11.8 Å². The van der Waals surface area contributed by atoms with E-state index in [0.717, 1.165) is 12.1 Å². The molecule has 0 spiro atoms. The van der Waals surface area contributed by atoms with Crippen LogP contribution < -0.4 is 14.8 Å². The highest BCUT2D eigenvalue weighted by Gasteiger charge is 2.22. The molecule has 1 N–H and O–H groups in total. The van der Waals surface area contributed by atoms with Gasteiger partial charge in [-0.05, 0) is 44.6 Å². The third-order valence-electron chi connectivity index (χ3n) is 4.40. The minimum atomic E-state index is -0.454. The van der Waals surface area contributed by atoms with Crippen LogP contribution in [0.3, 0.4) is 0 Å². The lowest BCUT2D eigenvalue weighted by atomic mass is 9.93. The quantitative estimate of drug-likeness (QED) is 0.590. The first-order valence-corrected chi connectivity index (χ1v) is 9.86. The van der Waals surface area contributed by atoms with Crippen molar-refractivity contribution < 1.29 is 19.0 Å². The number of hydrogen-bond donors (Lipinski definition) is 1. The van der Waals surface area contributed by atoms with Gasteiger partial charge < -0.3 is 24.4 Å². The number of benzene rings is 1. The first-order chi connectivity index (χ1) is 14.2. The fraction of sp³-hybridized carbons (Fsp3) is 0.500. The Bertz CT molecular complexity index is 868. The van der Waals surface area contributed by atoms with Gasteiger partial charge in [0.1, 0.15) is 11.4 Å². The Hall–Kier alpha value is -2.87. The third-order valence-corrected chi connectivity index (χ3v) is 4.40. The van der Waals surface area contributed by atoms with E-state index in [4.69, 9.17) is 14.2 Å². The maximum Gasteiger partial charge on any atom is 0.343 e. The Morgan fingerprint density at radius 2 is 1.87 bits per heavy atom. The van der Waals surface area contributed by atoms with Gasteiger partial charge in [-0.15, -0.1) is 0 Å². The fourth-order valence-electron chi connectivity index (χ4n) is 3.22. The second-order valence-electron chi connectivity index (χ2n) is 8.00. The van der Waals surface area contributed by atoms with Crippen molar-refractivity contribution in [3.63, 3.8) is 0 Å². The molecular formula is C22H32N4O4. The molecule has 0 bridgehead atoms. The summed E-state index contributed by atoms with van der Waals surface area (Å²) in [4.78, 5) is 23.5. The number of methoxy groups -OCH3 is 2. The van der Waals surface area contributed by atoms with Crippen LogP contribution in [0.4, 0.5) is 5.82 Å². The van der Waals surface area contributed by atoms with Crippen molar-refractivity contribution in [2.75, 3.05) is 53.3 Å². The first-order valence-electron chi connectivity index (χ1n) is 9.86. The van der Waals surface area contributed by atoms with Crippen molar-refractivity contribution in [3.8, 4) is 22.9 Å². The highest BCUT2D eigenvalue weighted by Crippen LogP contribution is 2.31. The van der Waals surface area contributed by atoms with E-state index in [2.05, 4.69) is 34.0 Å². The van der Waals surface area contributed by atoms with Gasteiger partial charge in [0.25, 0.3) is 0 Å². The zero-order valence-corrected chi connectivity index (χ0v) is 18.9. The van der Waals surface area contributed by atoms with E-state index in [0.29, 0.717) is 35.2 Å². The number of rotatable bonds is 10. The number of aromatic nitrogens is 2. The fourth-order valence-corrected chi connectivity index (χ4v) is 3.22. The molecule has 8 nitrogen and oxygen atoms in total. The molecule has 0 radical (unpaired) electrons. The second kappa shape index (κ2) is 10.2. The van der Waals surface area contributed by atoms with Gasteiger partial charge in [0.2, 0.25) is 0 Å². The Morgan fingerprint density at radius 1 is 1.17 bits per heavy atom. The Balaban J connectivity index is 2.40. The predicted octanol–water partition coefficient (Wildman–Crippen LogP) is 3.34. The van der Waals surface area contributed by atoms with Crippen LogP contribution in [0.25, 0.3) is 11.4 Å². The summed E-state index contributed by atoms with van der Waals surface area (Å²) in [5, 5.41) is 3.32. The average molecular weight is 417 g/mol. The van der Waals surface area contributed by atoms with Crippen LogP contribution in [-0.4, -0.2) is 68.8 Å². The molecule has 1 aromatic carbocycles. The number of nitrogens with one attached hydrogen (secondary N) is 1. The van der Waals surface area contributed by atoms with Gasteiger partial charge in [-0.2, -0.15) is 0 Å². The molecule has 0 aliphatic rings. The molecular weight excluding hydrogens is 384 g/mol. The van der Waals surface area contributed by atoms with Gasteiger partial charge in [0, 0.05) is 24.8 Å². The van der Waals surface area contributed by atoms with Crippen LogP contribution >= 0.6 is 0 Å². The lowest BCUT2D eigenvalue weighted by Crippen LogP contribution is -2.34. The van der Waals surface area contributed by atoms with Crippen LogP contribution in [0.2, 0.25) is 0 Å². The SMILES string of the molecule is CCOC(=O)c1cnc(-c2ccc(OC)c(OC)c2)nc1NCC(C)(C)CN(C)C. The molecule has 1 heterocycles. The second-order valence-corrected chi connectivity index (χ2v) is 8.00. The lowest BCUT2D eigenvalue weighted by Gasteiger charge is -2.29. The number of hydrogen-bond acceptors (Lipinski definition) is 8. The van der Waals surface area contributed by atoms with Gasteiger partial charge in [-0.25, -0.2) is 14.8 Å². The van der Waals surface area contributed by atoms with Crippen molar-refractivity contribution in [3.05, 3.63) is 30.0 Å². The molecule has 0 aliphatic carbocycles. The first kappa shape index (κ1) is 23.4.